The molecule has 1 N–H and O–H groups in total. The highest BCUT2D eigenvalue weighted by molar-refractivity contribution is 14.1. The molecular formula is C8H8INO4. The summed E-state index contributed by atoms with van der Waals surface area (Å²) in [5.41, 5.74) is 0.491. The predicted octanol–water partition coefficient (Wildman–Crippen LogP) is 1.19. The molecule has 5 nitrogen and oxygen atoms in total. The second-order valence-electron chi connectivity index (χ2n) is 2.39. The zero-order valence-electron chi connectivity index (χ0n) is 7.59. The van der Waals surface area contributed by atoms with Gasteiger partial charge >= 0.3 is 11.9 Å². The number of aromatic nitrogens is 1. The zero-order valence-corrected chi connectivity index (χ0v) is 9.75. The standard InChI is InChI=1S/C8H8INO4/c1-13-7(11)5-3-4(9)6(10-5)8(12)14-2/h3,10H,1-2H3. The van der Waals surface area contributed by atoms with Crippen molar-refractivity contribution in [2.75, 3.05) is 14.2 Å². The molecule has 0 radical (unpaired) electrons. The molecule has 0 aromatic carbocycles. The minimum absolute atomic E-state index is 0.234. The molecule has 1 rings (SSSR count). The number of aromatic amines is 1. The Morgan fingerprint density at radius 2 is 1.86 bits per heavy atom. The molecule has 0 aliphatic heterocycles. The van der Waals surface area contributed by atoms with Crippen molar-refractivity contribution in [3.05, 3.63) is 21.0 Å². The fraction of sp³-hybridized carbons (Fsp3) is 0.250. The number of halogens is 1. The maximum absolute atomic E-state index is 11.1. The zero-order chi connectivity index (χ0) is 10.7. The van der Waals surface area contributed by atoms with E-state index in [4.69, 9.17) is 0 Å². The summed E-state index contributed by atoms with van der Waals surface area (Å²) in [6, 6.07) is 1.53. The third kappa shape index (κ3) is 2.06. The van der Waals surface area contributed by atoms with Gasteiger partial charge in [0.15, 0.2) is 0 Å². The van der Waals surface area contributed by atoms with Gasteiger partial charge in [0.25, 0.3) is 0 Å². The van der Waals surface area contributed by atoms with Crippen LogP contribution in [-0.2, 0) is 9.47 Å². The molecule has 0 aliphatic rings. The van der Waals surface area contributed by atoms with E-state index >= 15 is 0 Å². The number of hydrogen-bond donors (Lipinski definition) is 1. The Hall–Kier alpha value is -1.05. The van der Waals surface area contributed by atoms with Crippen LogP contribution in [-0.4, -0.2) is 31.1 Å². The summed E-state index contributed by atoms with van der Waals surface area (Å²) in [6.07, 6.45) is 0. The summed E-state index contributed by atoms with van der Waals surface area (Å²) < 4.78 is 9.63. The van der Waals surface area contributed by atoms with Gasteiger partial charge in [0, 0.05) is 3.57 Å². The van der Waals surface area contributed by atoms with Gasteiger partial charge in [-0.15, -0.1) is 0 Å². The van der Waals surface area contributed by atoms with E-state index in [-0.39, 0.29) is 11.4 Å². The Balaban J connectivity index is 3.05. The Morgan fingerprint density at radius 1 is 1.29 bits per heavy atom. The van der Waals surface area contributed by atoms with Crippen LogP contribution < -0.4 is 0 Å². The van der Waals surface area contributed by atoms with Crippen molar-refractivity contribution in [2.45, 2.75) is 0 Å². The van der Waals surface area contributed by atoms with E-state index in [1.165, 1.54) is 20.3 Å². The number of carbonyl (C=O) groups excluding carboxylic acids is 2. The van der Waals surface area contributed by atoms with Crippen LogP contribution in [0.2, 0.25) is 0 Å². The van der Waals surface area contributed by atoms with Crippen LogP contribution in [0, 0.1) is 3.57 Å². The second-order valence-corrected chi connectivity index (χ2v) is 3.55. The molecular weight excluding hydrogens is 301 g/mol. The van der Waals surface area contributed by atoms with Crippen molar-refractivity contribution in [1.82, 2.24) is 4.98 Å². The van der Waals surface area contributed by atoms with Crippen LogP contribution in [0.25, 0.3) is 0 Å². The average molecular weight is 309 g/mol. The van der Waals surface area contributed by atoms with Gasteiger partial charge in [0.1, 0.15) is 11.4 Å². The molecule has 1 aromatic heterocycles. The van der Waals surface area contributed by atoms with Crippen LogP contribution >= 0.6 is 22.6 Å². The van der Waals surface area contributed by atoms with E-state index in [9.17, 15) is 9.59 Å². The maximum Gasteiger partial charge on any atom is 0.355 e. The van der Waals surface area contributed by atoms with Crippen molar-refractivity contribution in [1.29, 1.82) is 0 Å². The molecule has 1 aromatic rings. The van der Waals surface area contributed by atoms with Crippen LogP contribution in [0.3, 0.4) is 0 Å². The first kappa shape index (κ1) is 11.0. The minimum atomic E-state index is -0.516. The smallest absolute Gasteiger partial charge is 0.355 e. The third-order valence-corrected chi connectivity index (χ3v) is 2.42. The van der Waals surface area contributed by atoms with Gasteiger partial charge in [0.05, 0.1) is 14.2 Å². The summed E-state index contributed by atoms with van der Waals surface area (Å²) in [5, 5.41) is 0. The molecule has 0 bridgehead atoms. The van der Waals surface area contributed by atoms with Crippen molar-refractivity contribution in [3.63, 3.8) is 0 Å². The number of carbonyl (C=O) groups is 2. The lowest BCUT2D eigenvalue weighted by Gasteiger charge is -1.96. The van der Waals surface area contributed by atoms with Crippen LogP contribution in [0.5, 0.6) is 0 Å². The molecule has 0 fully saturated rings. The number of ether oxygens (including phenoxy) is 2. The molecule has 76 valence electrons. The van der Waals surface area contributed by atoms with Crippen molar-refractivity contribution >= 4 is 34.5 Å². The monoisotopic (exact) mass is 309 g/mol. The van der Waals surface area contributed by atoms with E-state index in [2.05, 4.69) is 14.5 Å². The largest absolute Gasteiger partial charge is 0.464 e. The molecule has 14 heavy (non-hydrogen) atoms. The summed E-state index contributed by atoms with van der Waals surface area (Å²) in [6.45, 7) is 0. The molecule has 0 saturated carbocycles. The quantitative estimate of drug-likeness (QED) is 0.658. The molecule has 1 heterocycles. The number of H-pyrrole nitrogens is 1. The lowest BCUT2D eigenvalue weighted by molar-refractivity contribution is 0.0590. The lowest BCUT2D eigenvalue weighted by atomic mass is 10.4. The van der Waals surface area contributed by atoms with E-state index in [1.807, 2.05) is 22.6 Å². The van der Waals surface area contributed by atoms with E-state index < -0.39 is 11.9 Å². The first-order valence-corrected chi connectivity index (χ1v) is 4.73. The van der Waals surface area contributed by atoms with Gasteiger partial charge in [-0.1, -0.05) is 0 Å². The van der Waals surface area contributed by atoms with E-state index in [0.29, 0.717) is 3.57 Å². The fourth-order valence-electron chi connectivity index (χ4n) is 0.900. The van der Waals surface area contributed by atoms with E-state index in [1.54, 1.807) is 0 Å². The highest BCUT2D eigenvalue weighted by Gasteiger charge is 2.17. The highest BCUT2D eigenvalue weighted by atomic mass is 127. The molecule has 0 saturated heterocycles. The average Bonchev–Trinajstić information content (AvgIpc) is 2.58. The first-order valence-electron chi connectivity index (χ1n) is 3.65. The molecule has 6 heteroatoms. The highest BCUT2D eigenvalue weighted by Crippen LogP contribution is 2.15. The normalized spacial score (nSPS) is 9.64. The van der Waals surface area contributed by atoms with Gasteiger partial charge in [-0.05, 0) is 28.7 Å². The van der Waals surface area contributed by atoms with Crippen molar-refractivity contribution < 1.29 is 19.1 Å². The van der Waals surface area contributed by atoms with Crippen molar-refractivity contribution in [2.24, 2.45) is 0 Å². The SMILES string of the molecule is COC(=O)c1cc(I)c(C(=O)OC)[nH]1. The Morgan fingerprint density at radius 3 is 2.36 bits per heavy atom. The summed E-state index contributed by atoms with van der Waals surface area (Å²) in [5.74, 6) is -1.03. The van der Waals surface area contributed by atoms with E-state index in [0.717, 1.165) is 0 Å². The van der Waals surface area contributed by atoms with Crippen LogP contribution in [0.4, 0.5) is 0 Å². The van der Waals surface area contributed by atoms with Gasteiger partial charge in [-0.3, -0.25) is 0 Å². The number of hydrogen-bond acceptors (Lipinski definition) is 4. The van der Waals surface area contributed by atoms with Gasteiger partial charge in [0.2, 0.25) is 0 Å². The first-order chi connectivity index (χ1) is 6.60. The third-order valence-electron chi connectivity index (χ3n) is 1.56. The Labute approximate surface area is 93.9 Å². The van der Waals surface area contributed by atoms with Gasteiger partial charge in [-0.2, -0.15) is 0 Å². The molecule has 0 unspecified atom stereocenters. The summed E-state index contributed by atoms with van der Waals surface area (Å²) in [7, 11) is 2.55. The summed E-state index contributed by atoms with van der Waals surface area (Å²) in [4.78, 5) is 24.9. The van der Waals surface area contributed by atoms with Gasteiger partial charge < -0.3 is 14.5 Å². The number of esters is 2. The van der Waals surface area contributed by atoms with Crippen molar-refractivity contribution in [3.8, 4) is 0 Å². The molecule has 0 spiro atoms. The lowest BCUT2D eigenvalue weighted by Crippen LogP contribution is -2.05. The minimum Gasteiger partial charge on any atom is -0.464 e. The number of nitrogens with one attached hydrogen (secondary N) is 1. The number of methoxy groups -OCH3 is 2. The predicted molar refractivity (Wildman–Crippen MR) is 56.2 cm³/mol. The fourth-order valence-corrected chi connectivity index (χ4v) is 1.57. The number of rotatable bonds is 2. The van der Waals surface area contributed by atoms with Gasteiger partial charge in [-0.25, -0.2) is 9.59 Å². The molecule has 0 amide bonds. The Kier molecular flexibility index (Phi) is 3.50. The summed E-state index contributed by atoms with van der Waals surface area (Å²) >= 11 is 1.93. The Bertz CT molecular complexity index is 371. The molecule has 0 atom stereocenters. The molecule has 0 aliphatic carbocycles. The topological polar surface area (TPSA) is 68.4 Å². The van der Waals surface area contributed by atoms with Crippen LogP contribution in [0.15, 0.2) is 6.07 Å². The van der Waals surface area contributed by atoms with Crippen LogP contribution in [0.1, 0.15) is 21.0 Å². The maximum atomic E-state index is 11.1. The second kappa shape index (κ2) is 4.45.